The first-order valence-corrected chi connectivity index (χ1v) is 5.90. The van der Waals surface area contributed by atoms with Crippen LogP contribution in [0.2, 0.25) is 0 Å². The van der Waals surface area contributed by atoms with Gasteiger partial charge in [-0.3, -0.25) is 4.90 Å². The van der Waals surface area contributed by atoms with E-state index in [1.807, 2.05) is 13.8 Å². The van der Waals surface area contributed by atoms with Gasteiger partial charge in [0.25, 0.3) is 0 Å². The Morgan fingerprint density at radius 2 is 2.21 bits per heavy atom. The molecular weight excluding hydrogens is 176 g/mol. The zero-order valence-electron chi connectivity index (χ0n) is 9.96. The van der Waals surface area contributed by atoms with Crippen LogP contribution in [0.15, 0.2) is 0 Å². The lowest BCUT2D eigenvalue weighted by atomic mass is 10.2. The first-order chi connectivity index (χ1) is 6.86. The summed E-state index contributed by atoms with van der Waals surface area (Å²) in [5.41, 5.74) is 5.48. The second-order valence-corrected chi connectivity index (χ2v) is 3.37. The van der Waals surface area contributed by atoms with Gasteiger partial charge in [-0.25, -0.2) is 0 Å². The highest BCUT2D eigenvalue weighted by Crippen LogP contribution is 2.07. The van der Waals surface area contributed by atoms with Gasteiger partial charge in [-0.05, 0) is 25.9 Å². The van der Waals surface area contributed by atoms with Crippen molar-refractivity contribution in [2.45, 2.75) is 39.7 Å². The molecule has 0 aromatic rings. The van der Waals surface area contributed by atoms with Gasteiger partial charge in [0.2, 0.25) is 0 Å². The molecule has 3 heteroatoms. The molecule has 1 fully saturated rings. The Balaban J connectivity index is 0. The zero-order chi connectivity index (χ0) is 10.8. The van der Waals surface area contributed by atoms with Crippen molar-refractivity contribution < 1.29 is 6.16 Å². The average molecular weight is 204 g/mol. The lowest BCUT2D eigenvalue weighted by molar-refractivity contribution is -0.0305. The van der Waals surface area contributed by atoms with Crippen LogP contribution < -0.4 is 5.73 Å². The molecule has 14 heavy (non-hydrogen) atoms. The second kappa shape index (κ2) is 9.44. The van der Waals surface area contributed by atoms with Gasteiger partial charge in [0.1, 0.15) is 0 Å². The smallest absolute Gasteiger partial charge is 0.0714 e. The summed E-state index contributed by atoms with van der Waals surface area (Å²) in [5, 5.41) is 0. The zero-order valence-corrected chi connectivity index (χ0v) is 9.96. The van der Waals surface area contributed by atoms with Crippen LogP contribution in [0.1, 0.15) is 35.0 Å². The number of hydrogen-bond acceptors (Lipinski definition) is 3. The van der Waals surface area contributed by atoms with Crippen LogP contribution in [-0.2, 0) is 4.74 Å². The molecule has 3 nitrogen and oxygen atoms in total. The quantitative estimate of drug-likeness (QED) is 0.758. The van der Waals surface area contributed by atoms with E-state index in [9.17, 15) is 0 Å². The molecule has 0 saturated carbocycles. The first kappa shape index (κ1) is 13.9. The Morgan fingerprint density at radius 3 is 2.79 bits per heavy atom. The number of morpholine rings is 1. The third kappa shape index (κ3) is 5.58. The fraction of sp³-hybridized carbons (Fsp3) is 1.00. The molecule has 0 spiro atoms. The van der Waals surface area contributed by atoms with E-state index in [1.165, 1.54) is 13.0 Å². The van der Waals surface area contributed by atoms with Gasteiger partial charge in [-0.1, -0.05) is 20.8 Å². The Bertz CT molecular complexity index is 109. The van der Waals surface area contributed by atoms with Crippen LogP contribution in [0.3, 0.4) is 0 Å². The van der Waals surface area contributed by atoms with E-state index in [4.69, 9.17) is 10.5 Å². The molecule has 1 aliphatic rings. The van der Waals surface area contributed by atoms with E-state index in [-0.39, 0.29) is 1.43 Å². The Labute approximate surface area is 90.1 Å². The monoisotopic (exact) mass is 204 g/mol. The number of rotatable bonds is 4. The van der Waals surface area contributed by atoms with Gasteiger partial charge < -0.3 is 10.5 Å². The number of nitrogens with two attached hydrogens (primary N) is 1. The van der Waals surface area contributed by atoms with Crippen LogP contribution in [0.5, 0.6) is 0 Å². The van der Waals surface area contributed by atoms with Crippen molar-refractivity contribution >= 4 is 0 Å². The van der Waals surface area contributed by atoms with Gasteiger partial charge in [-0.15, -0.1) is 0 Å². The van der Waals surface area contributed by atoms with Crippen molar-refractivity contribution in [1.82, 2.24) is 4.90 Å². The number of ether oxygens (including phenoxy) is 1. The molecule has 1 saturated heterocycles. The van der Waals surface area contributed by atoms with Crippen molar-refractivity contribution in [3.05, 3.63) is 0 Å². The molecule has 0 bridgehead atoms. The molecule has 2 N–H and O–H groups in total. The van der Waals surface area contributed by atoms with Crippen molar-refractivity contribution in [3.8, 4) is 0 Å². The molecule has 1 rings (SSSR count). The summed E-state index contributed by atoms with van der Waals surface area (Å²) < 4.78 is 5.57. The summed E-state index contributed by atoms with van der Waals surface area (Å²) in [4.78, 5) is 2.46. The van der Waals surface area contributed by atoms with E-state index in [0.29, 0.717) is 6.10 Å². The number of nitrogens with zero attached hydrogens (tertiary/aromatic N) is 1. The molecule has 0 unspecified atom stereocenters. The Morgan fingerprint density at radius 1 is 1.50 bits per heavy atom. The maximum absolute atomic E-state index is 5.57. The largest absolute Gasteiger partial charge is 0.376 e. The van der Waals surface area contributed by atoms with Crippen molar-refractivity contribution in [1.29, 1.82) is 0 Å². The lowest BCUT2D eigenvalue weighted by Crippen LogP contribution is -2.43. The second-order valence-electron chi connectivity index (χ2n) is 3.37. The SMILES string of the molecule is CC.CCCN1CCO[C@H](CCN)C1.[HH]. The highest BCUT2D eigenvalue weighted by Gasteiger charge is 2.18. The van der Waals surface area contributed by atoms with E-state index in [0.717, 1.165) is 32.7 Å². The molecule has 0 amide bonds. The van der Waals surface area contributed by atoms with Gasteiger partial charge in [0.05, 0.1) is 12.7 Å². The van der Waals surface area contributed by atoms with E-state index in [2.05, 4.69) is 11.8 Å². The first-order valence-electron chi connectivity index (χ1n) is 5.90. The Hall–Kier alpha value is -0.120. The van der Waals surface area contributed by atoms with Crippen LogP contribution in [0.4, 0.5) is 0 Å². The highest BCUT2D eigenvalue weighted by molar-refractivity contribution is 4.71. The topological polar surface area (TPSA) is 38.5 Å². The summed E-state index contributed by atoms with van der Waals surface area (Å²) in [5.74, 6) is 0. The molecule has 0 radical (unpaired) electrons. The Kier molecular flexibility index (Phi) is 9.35. The third-order valence-electron chi connectivity index (χ3n) is 2.25. The van der Waals surface area contributed by atoms with Gasteiger partial charge in [0.15, 0.2) is 0 Å². The lowest BCUT2D eigenvalue weighted by Gasteiger charge is -2.32. The van der Waals surface area contributed by atoms with E-state index >= 15 is 0 Å². The minimum Gasteiger partial charge on any atom is -0.376 e. The fourth-order valence-corrected chi connectivity index (χ4v) is 1.66. The molecule has 1 atom stereocenters. The normalized spacial score (nSPS) is 22.7. The fourth-order valence-electron chi connectivity index (χ4n) is 1.66. The third-order valence-corrected chi connectivity index (χ3v) is 2.25. The molecule has 1 aliphatic heterocycles. The predicted molar refractivity (Wildman–Crippen MR) is 63.6 cm³/mol. The van der Waals surface area contributed by atoms with Gasteiger partial charge in [0, 0.05) is 14.5 Å². The van der Waals surface area contributed by atoms with Crippen LogP contribution in [-0.4, -0.2) is 43.8 Å². The summed E-state index contributed by atoms with van der Waals surface area (Å²) in [6.45, 7) is 11.2. The summed E-state index contributed by atoms with van der Waals surface area (Å²) in [6.07, 6.45) is 2.62. The average Bonchev–Trinajstić information content (AvgIpc) is 2.22. The van der Waals surface area contributed by atoms with Crippen LogP contribution >= 0.6 is 0 Å². The highest BCUT2D eigenvalue weighted by atomic mass is 16.5. The minimum atomic E-state index is 0. The predicted octanol–water partition coefficient (Wildman–Crippen LogP) is 1.72. The van der Waals surface area contributed by atoms with Gasteiger partial charge >= 0.3 is 0 Å². The molecule has 0 aromatic carbocycles. The molecule has 0 aliphatic carbocycles. The molecule has 0 aromatic heterocycles. The minimum absolute atomic E-state index is 0. The van der Waals surface area contributed by atoms with Crippen molar-refractivity contribution in [2.75, 3.05) is 32.8 Å². The summed E-state index contributed by atoms with van der Waals surface area (Å²) in [7, 11) is 0. The number of hydrogen-bond donors (Lipinski definition) is 1. The van der Waals surface area contributed by atoms with Crippen LogP contribution in [0.25, 0.3) is 0 Å². The molecule has 88 valence electrons. The maximum Gasteiger partial charge on any atom is 0.0714 e. The molecule has 1 heterocycles. The summed E-state index contributed by atoms with van der Waals surface area (Å²) >= 11 is 0. The van der Waals surface area contributed by atoms with Crippen molar-refractivity contribution in [2.24, 2.45) is 5.73 Å². The standard InChI is InChI=1S/C9H20N2O.C2H6.H2/c1-2-5-11-6-7-12-9(8-11)3-4-10;1-2;/h9H,2-8,10H2,1H3;1-2H3;1H/t9-;;/m1../s1. The van der Waals surface area contributed by atoms with E-state index < -0.39 is 0 Å². The van der Waals surface area contributed by atoms with Crippen molar-refractivity contribution in [3.63, 3.8) is 0 Å². The van der Waals surface area contributed by atoms with Crippen LogP contribution in [0, 0.1) is 0 Å². The van der Waals surface area contributed by atoms with E-state index in [1.54, 1.807) is 0 Å². The summed E-state index contributed by atoms with van der Waals surface area (Å²) in [6, 6.07) is 0. The molecular formula is C11H28N2O. The van der Waals surface area contributed by atoms with Gasteiger partial charge in [-0.2, -0.15) is 0 Å². The maximum atomic E-state index is 5.57.